The van der Waals surface area contributed by atoms with Gasteiger partial charge >= 0.3 is 5.97 Å². The first-order valence-corrected chi connectivity index (χ1v) is 8.11. The standard InChI is InChI=1S/C16H18N4O4S/c1-2-8-24-12-5-3-4-11(9-12)10-17-20-15(23)13(6-7-14(21)22)18-19-16(20)25/h3-5,9-10H,2,6-8H2,1H3,(H,19,25)(H,21,22)/b17-10-. The van der Waals surface area contributed by atoms with Gasteiger partial charge in [-0.25, -0.2) is 0 Å². The summed E-state index contributed by atoms with van der Waals surface area (Å²) in [5, 5.41) is 19.1. The summed E-state index contributed by atoms with van der Waals surface area (Å²) in [6.07, 6.45) is 2.17. The predicted molar refractivity (Wildman–Crippen MR) is 94.9 cm³/mol. The highest BCUT2D eigenvalue weighted by Crippen LogP contribution is 2.12. The van der Waals surface area contributed by atoms with Crippen molar-refractivity contribution in [2.45, 2.75) is 26.2 Å². The third kappa shape index (κ3) is 5.35. The summed E-state index contributed by atoms with van der Waals surface area (Å²) in [5.74, 6) is -0.303. The molecule has 25 heavy (non-hydrogen) atoms. The van der Waals surface area contributed by atoms with Gasteiger partial charge in [0.15, 0.2) is 0 Å². The largest absolute Gasteiger partial charge is 0.494 e. The Balaban J connectivity index is 2.26. The van der Waals surface area contributed by atoms with Crippen LogP contribution in [0.2, 0.25) is 0 Å². The molecule has 0 atom stereocenters. The summed E-state index contributed by atoms with van der Waals surface area (Å²) in [6, 6.07) is 7.26. The van der Waals surface area contributed by atoms with Crippen LogP contribution < -0.4 is 10.3 Å². The fraction of sp³-hybridized carbons (Fsp3) is 0.312. The lowest BCUT2D eigenvalue weighted by Crippen LogP contribution is -2.25. The van der Waals surface area contributed by atoms with Crippen molar-refractivity contribution in [1.82, 2.24) is 14.9 Å². The van der Waals surface area contributed by atoms with Crippen molar-refractivity contribution in [2.24, 2.45) is 5.10 Å². The van der Waals surface area contributed by atoms with E-state index in [2.05, 4.69) is 15.3 Å². The third-order valence-corrected chi connectivity index (χ3v) is 3.41. The summed E-state index contributed by atoms with van der Waals surface area (Å²) in [4.78, 5) is 23.0. The van der Waals surface area contributed by atoms with E-state index in [-0.39, 0.29) is 23.3 Å². The Bertz CT molecular complexity index is 888. The molecule has 0 bridgehead atoms. The van der Waals surface area contributed by atoms with Gasteiger partial charge < -0.3 is 9.84 Å². The Labute approximate surface area is 148 Å². The number of hydrogen-bond donors (Lipinski definition) is 2. The number of aromatic amines is 1. The number of carbonyl (C=O) groups is 1. The van der Waals surface area contributed by atoms with Crippen LogP contribution in [0.15, 0.2) is 34.2 Å². The molecular formula is C16H18N4O4S. The van der Waals surface area contributed by atoms with Crippen LogP contribution >= 0.6 is 12.2 Å². The highest BCUT2D eigenvalue weighted by Gasteiger charge is 2.09. The van der Waals surface area contributed by atoms with Gasteiger partial charge in [-0.2, -0.15) is 14.9 Å². The smallest absolute Gasteiger partial charge is 0.303 e. The second-order valence-electron chi connectivity index (χ2n) is 5.15. The molecule has 0 aliphatic heterocycles. The Kier molecular flexibility index (Phi) is 6.58. The number of aryl methyl sites for hydroxylation is 1. The Morgan fingerprint density at radius 1 is 1.52 bits per heavy atom. The molecule has 0 saturated heterocycles. The minimum atomic E-state index is -1.01. The highest BCUT2D eigenvalue weighted by molar-refractivity contribution is 7.71. The minimum absolute atomic E-state index is 0.00383. The van der Waals surface area contributed by atoms with E-state index in [9.17, 15) is 9.59 Å². The zero-order chi connectivity index (χ0) is 18.2. The van der Waals surface area contributed by atoms with Crippen molar-refractivity contribution in [3.05, 3.63) is 50.6 Å². The minimum Gasteiger partial charge on any atom is -0.494 e. The van der Waals surface area contributed by atoms with Crippen LogP contribution in [0.25, 0.3) is 0 Å². The predicted octanol–water partition coefficient (Wildman–Crippen LogP) is 1.99. The van der Waals surface area contributed by atoms with Crippen LogP contribution in [-0.4, -0.2) is 38.8 Å². The van der Waals surface area contributed by atoms with Gasteiger partial charge in [-0.15, -0.1) is 0 Å². The lowest BCUT2D eigenvalue weighted by Gasteiger charge is -2.05. The second-order valence-corrected chi connectivity index (χ2v) is 5.54. The van der Waals surface area contributed by atoms with E-state index in [1.54, 1.807) is 6.07 Å². The summed E-state index contributed by atoms with van der Waals surface area (Å²) < 4.78 is 6.56. The van der Waals surface area contributed by atoms with Gasteiger partial charge in [0.1, 0.15) is 11.4 Å². The van der Waals surface area contributed by atoms with Crippen LogP contribution in [0.5, 0.6) is 5.75 Å². The maximum Gasteiger partial charge on any atom is 0.303 e. The molecule has 0 fully saturated rings. The number of aromatic nitrogens is 3. The second kappa shape index (κ2) is 8.88. The number of H-pyrrole nitrogens is 1. The van der Waals surface area contributed by atoms with E-state index >= 15 is 0 Å². The summed E-state index contributed by atoms with van der Waals surface area (Å²) in [5.41, 5.74) is 0.256. The van der Waals surface area contributed by atoms with Gasteiger partial charge in [0, 0.05) is 6.42 Å². The molecular weight excluding hydrogens is 344 g/mol. The van der Waals surface area contributed by atoms with Gasteiger partial charge in [-0.3, -0.25) is 14.7 Å². The molecule has 1 aromatic carbocycles. The fourth-order valence-electron chi connectivity index (χ4n) is 1.95. The number of hydrogen-bond acceptors (Lipinski definition) is 6. The first-order valence-electron chi connectivity index (χ1n) is 7.71. The molecule has 8 nitrogen and oxygen atoms in total. The number of nitrogens with one attached hydrogen (secondary N) is 1. The quantitative estimate of drug-likeness (QED) is 0.549. The molecule has 0 saturated carbocycles. The first-order chi connectivity index (χ1) is 12.0. The third-order valence-electron chi connectivity index (χ3n) is 3.15. The van der Waals surface area contributed by atoms with Gasteiger partial charge in [0.2, 0.25) is 4.77 Å². The van der Waals surface area contributed by atoms with Gasteiger partial charge in [0.25, 0.3) is 5.56 Å². The van der Waals surface area contributed by atoms with E-state index in [0.717, 1.165) is 16.7 Å². The van der Waals surface area contributed by atoms with Crippen molar-refractivity contribution in [2.75, 3.05) is 6.61 Å². The highest BCUT2D eigenvalue weighted by atomic mass is 32.1. The lowest BCUT2D eigenvalue weighted by atomic mass is 10.2. The Morgan fingerprint density at radius 2 is 2.32 bits per heavy atom. The average molecular weight is 362 g/mol. The monoisotopic (exact) mass is 362 g/mol. The molecule has 0 aliphatic rings. The molecule has 2 rings (SSSR count). The maximum absolute atomic E-state index is 12.3. The van der Waals surface area contributed by atoms with Crippen LogP contribution in [0.4, 0.5) is 0 Å². The number of nitrogens with zero attached hydrogens (tertiary/aromatic N) is 3. The van der Waals surface area contributed by atoms with Crippen molar-refractivity contribution < 1.29 is 14.6 Å². The number of rotatable bonds is 8. The van der Waals surface area contributed by atoms with Crippen LogP contribution in [0.1, 0.15) is 31.0 Å². The maximum atomic E-state index is 12.3. The van der Waals surface area contributed by atoms with E-state index in [1.165, 1.54) is 6.21 Å². The number of benzene rings is 1. The molecule has 0 aliphatic carbocycles. The van der Waals surface area contributed by atoms with E-state index < -0.39 is 11.5 Å². The average Bonchev–Trinajstić information content (AvgIpc) is 2.59. The van der Waals surface area contributed by atoms with E-state index in [1.807, 2.05) is 25.1 Å². The van der Waals surface area contributed by atoms with Crippen molar-refractivity contribution >= 4 is 24.4 Å². The van der Waals surface area contributed by atoms with Crippen LogP contribution in [0.3, 0.4) is 0 Å². The van der Waals surface area contributed by atoms with E-state index in [0.29, 0.717) is 12.4 Å². The molecule has 0 spiro atoms. The van der Waals surface area contributed by atoms with Gasteiger partial charge in [-0.05, 0) is 36.3 Å². The molecule has 1 aromatic heterocycles. The van der Waals surface area contributed by atoms with E-state index in [4.69, 9.17) is 22.1 Å². The summed E-state index contributed by atoms with van der Waals surface area (Å²) in [6.45, 7) is 2.63. The Hall–Kier alpha value is -2.81. The molecule has 0 amide bonds. The molecule has 0 unspecified atom stereocenters. The fourth-order valence-corrected chi connectivity index (χ4v) is 2.12. The van der Waals surface area contributed by atoms with Crippen molar-refractivity contribution in [3.63, 3.8) is 0 Å². The molecule has 2 aromatic rings. The number of ether oxygens (including phenoxy) is 1. The summed E-state index contributed by atoms with van der Waals surface area (Å²) >= 11 is 5.02. The first kappa shape index (κ1) is 18.5. The molecule has 0 radical (unpaired) electrons. The van der Waals surface area contributed by atoms with Crippen molar-refractivity contribution in [1.29, 1.82) is 0 Å². The molecule has 9 heteroatoms. The Morgan fingerprint density at radius 3 is 3.04 bits per heavy atom. The number of aliphatic carboxylic acids is 1. The van der Waals surface area contributed by atoms with Gasteiger partial charge in [0.05, 0.1) is 19.2 Å². The molecule has 132 valence electrons. The SMILES string of the molecule is CCCOc1cccc(/C=N\n2c(=S)[nH]nc(CCC(=O)O)c2=O)c1. The van der Waals surface area contributed by atoms with Crippen LogP contribution in [-0.2, 0) is 11.2 Å². The normalized spacial score (nSPS) is 10.9. The number of carboxylic acids is 1. The van der Waals surface area contributed by atoms with Crippen molar-refractivity contribution in [3.8, 4) is 5.75 Å². The zero-order valence-corrected chi connectivity index (χ0v) is 14.5. The lowest BCUT2D eigenvalue weighted by molar-refractivity contribution is -0.136. The summed E-state index contributed by atoms with van der Waals surface area (Å²) in [7, 11) is 0. The molecule has 1 heterocycles. The number of carboxylic acid groups (broad SMARTS) is 1. The zero-order valence-electron chi connectivity index (χ0n) is 13.6. The van der Waals surface area contributed by atoms with Crippen LogP contribution in [0, 0.1) is 4.77 Å². The molecule has 2 N–H and O–H groups in total. The topological polar surface area (TPSA) is 110 Å². The van der Waals surface area contributed by atoms with Gasteiger partial charge in [-0.1, -0.05) is 19.1 Å².